The first-order chi connectivity index (χ1) is 8.45. The summed E-state index contributed by atoms with van der Waals surface area (Å²) in [6.45, 7) is 4.07. The van der Waals surface area contributed by atoms with Crippen molar-refractivity contribution in [2.45, 2.75) is 33.1 Å². The number of rotatable bonds is 5. The summed E-state index contributed by atoms with van der Waals surface area (Å²) in [4.78, 5) is 11.3. The van der Waals surface area contributed by atoms with Gasteiger partial charge in [-0.1, -0.05) is 12.1 Å². The van der Waals surface area contributed by atoms with Crippen molar-refractivity contribution in [2.24, 2.45) is 5.84 Å². The van der Waals surface area contributed by atoms with E-state index in [2.05, 4.69) is 12.1 Å². The number of nitrogens with zero attached hydrogens (tertiary/aromatic N) is 1. The third kappa shape index (κ3) is 3.74. The molecule has 0 spiro atoms. The molecule has 18 heavy (non-hydrogen) atoms. The SMILES string of the molecule is COc1c(C)cc(CCCC(=O)N(C)N)cc1C. The second kappa shape index (κ2) is 6.40. The largest absolute Gasteiger partial charge is 0.496 e. The Balaban J connectivity index is 2.61. The lowest BCUT2D eigenvalue weighted by atomic mass is 10.0. The van der Waals surface area contributed by atoms with E-state index in [4.69, 9.17) is 10.6 Å². The first-order valence-electron chi connectivity index (χ1n) is 6.11. The molecule has 0 fully saturated rings. The predicted octanol–water partition coefficient (Wildman–Crippen LogP) is 1.97. The fourth-order valence-electron chi connectivity index (χ4n) is 2.13. The maximum atomic E-state index is 11.3. The molecule has 0 aliphatic heterocycles. The monoisotopic (exact) mass is 250 g/mol. The Bertz CT molecular complexity index is 405. The Morgan fingerprint density at radius 2 is 1.89 bits per heavy atom. The Morgan fingerprint density at radius 3 is 2.33 bits per heavy atom. The van der Waals surface area contributed by atoms with Crippen LogP contribution in [0.1, 0.15) is 29.5 Å². The third-order valence-electron chi connectivity index (χ3n) is 2.97. The lowest BCUT2D eigenvalue weighted by Crippen LogP contribution is -2.32. The summed E-state index contributed by atoms with van der Waals surface area (Å²) in [5.74, 6) is 6.28. The number of ether oxygens (including phenoxy) is 1. The molecule has 0 aromatic heterocycles. The summed E-state index contributed by atoms with van der Waals surface area (Å²) in [6.07, 6.45) is 2.17. The van der Waals surface area contributed by atoms with Gasteiger partial charge in [0.2, 0.25) is 5.91 Å². The first-order valence-corrected chi connectivity index (χ1v) is 6.11. The van der Waals surface area contributed by atoms with Crippen molar-refractivity contribution in [1.29, 1.82) is 0 Å². The summed E-state index contributed by atoms with van der Waals surface area (Å²) in [5, 5.41) is 1.14. The number of hydrogen-bond acceptors (Lipinski definition) is 3. The number of hydrazine groups is 1. The molecule has 0 atom stereocenters. The number of carbonyl (C=O) groups is 1. The van der Waals surface area contributed by atoms with E-state index in [9.17, 15) is 4.79 Å². The molecule has 0 saturated heterocycles. The van der Waals surface area contributed by atoms with Crippen molar-refractivity contribution < 1.29 is 9.53 Å². The van der Waals surface area contributed by atoms with Crippen molar-refractivity contribution in [3.63, 3.8) is 0 Å². The lowest BCUT2D eigenvalue weighted by Gasteiger charge is -2.12. The van der Waals surface area contributed by atoms with Crippen LogP contribution in [0.5, 0.6) is 5.75 Å². The van der Waals surface area contributed by atoms with Crippen LogP contribution in [0.3, 0.4) is 0 Å². The summed E-state index contributed by atoms with van der Waals surface area (Å²) in [6, 6.07) is 4.23. The molecule has 0 aliphatic carbocycles. The molecule has 4 heteroatoms. The summed E-state index contributed by atoms with van der Waals surface area (Å²) in [7, 11) is 3.26. The second-order valence-electron chi connectivity index (χ2n) is 4.62. The van der Waals surface area contributed by atoms with Crippen molar-refractivity contribution in [1.82, 2.24) is 5.01 Å². The molecular formula is C14H22N2O2. The van der Waals surface area contributed by atoms with Crippen LogP contribution in [-0.4, -0.2) is 25.1 Å². The third-order valence-corrected chi connectivity index (χ3v) is 2.97. The van der Waals surface area contributed by atoms with E-state index in [0.717, 1.165) is 34.7 Å². The maximum Gasteiger partial charge on any atom is 0.236 e. The first kappa shape index (κ1) is 14.5. The van der Waals surface area contributed by atoms with Crippen LogP contribution in [0.2, 0.25) is 0 Å². The zero-order valence-electron chi connectivity index (χ0n) is 11.6. The van der Waals surface area contributed by atoms with Gasteiger partial charge in [0, 0.05) is 13.5 Å². The van der Waals surface area contributed by atoms with E-state index < -0.39 is 0 Å². The van der Waals surface area contributed by atoms with Crippen LogP contribution >= 0.6 is 0 Å². The van der Waals surface area contributed by atoms with Crippen LogP contribution in [0, 0.1) is 13.8 Å². The number of hydrogen-bond donors (Lipinski definition) is 1. The zero-order valence-corrected chi connectivity index (χ0v) is 11.6. The Hall–Kier alpha value is -1.55. The Kier molecular flexibility index (Phi) is 5.16. The molecule has 1 rings (SSSR count). The smallest absolute Gasteiger partial charge is 0.236 e. The fourth-order valence-corrected chi connectivity index (χ4v) is 2.13. The highest BCUT2D eigenvalue weighted by molar-refractivity contribution is 5.75. The molecule has 100 valence electrons. The highest BCUT2D eigenvalue weighted by atomic mass is 16.5. The van der Waals surface area contributed by atoms with Gasteiger partial charge in [-0.3, -0.25) is 9.80 Å². The van der Waals surface area contributed by atoms with Crippen molar-refractivity contribution >= 4 is 5.91 Å². The molecule has 0 heterocycles. The molecule has 4 nitrogen and oxygen atoms in total. The molecule has 0 aliphatic rings. The normalized spacial score (nSPS) is 10.3. The fraction of sp³-hybridized carbons (Fsp3) is 0.500. The number of amides is 1. The average molecular weight is 250 g/mol. The summed E-state index contributed by atoms with van der Waals surface area (Å²) >= 11 is 0. The minimum absolute atomic E-state index is 0.0306. The molecule has 1 aromatic carbocycles. The van der Waals surface area contributed by atoms with Gasteiger partial charge in [0.05, 0.1) is 7.11 Å². The number of methoxy groups -OCH3 is 1. The van der Waals surface area contributed by atoms with Gasteiger partial charge in [0.25, 0.3) is 0 Å². The van der Waals surface area contributed by atoms with Crippen LogP contribution in [0.4, 0.5) is 0 Å². The van der Waals surface area contributed by atoms with Crippen molar-refractivity contribution in [2.75, 3.05) is 14.2 Å². The van der Waals surface area contributed by atoms with E-state index in [1.54, 1.807) is 14.2 Å². The van der Waals surface area contributed by atoms with Crippen molar-refractivity contribution in [3.05, 3.63) is 28.8 Å². The highest BCUT2D eigenvalue weighted by Gasteiger charge is 2.07. The number of aryl methyl sites for hydroxylation is 3. The average Bonchev–Trinajstić information content (AvgIpc) is 2.28. The number of benzene rings is 1. The number of nitrogens with two attached hydrogens (primary N) is 1. The highest BCUT2D eigenvalue weighted by Crippen LogP contribution is 2.24. The molecule has 0 unspecified atom stereocenters. The minimum Gasteiger partial charge on any atom is -0.496 e. The van der Waals surface area contributed by atoms with E-state index >= 15 is 0 Å². The summed E-state index contributed by atoms with van der Waals surface area (Å²) < 4.78 is 5.33. The van der Waals surface area contributed by atoms with E-state index in [1.165, 1.54) is 5.56 Å². The van der Waals surface area contributed by atoms with Gasteiger partial charge in [0.1, 0.15) is 5.75 Å². The van der Waals surface area contributed by atoms with E-state index in [0.29, 0.717) is 6.42 Å². The van der Waals surface area contributed by atoms with E-state index in [-0.39, 0.29) is 5.91 Å². The van der Waals surface area contributed by atoms with Crippen LogP contribution in [0.25, 0.3) is 0 Å². The lowest BCUT2D eigenvalue weighted by molar-refractivity contribution is -0.130. The predicted molar refractivity (Wildman–Crippen MR) is 72.4 cm³/mol. The minimum atomic E-state index is -0.0306. The van der Waals surface area contributed by atoms with Gasteiger partial charge in [0.15, 0.2) is 0 Å². The van der Waals surface area contributed by atoms with E-state index in [1.807, 2.05) is 13.8 Å². The second-order valence-corrected chi connectivity index (χ2v) is 4.62. The van der Waals surface area contributed by atoms with Crippen LogP contribution in [-0.2, 0) is 11.2 Å². The van der Waals surface area contributed by atoms with Gasteiger partial charge < -0.3 is 4.74 Å². The molecular weight excluding hydrogens is 228 g/mol. The Morgan fingerprint density at radius 1 is 1.33 bits per heavy atom. The van der Waals surface area contributed by atoms with Gasteiger partial charge in [-0.15, -0.1) is 0 Å². The Labute approximate surface area is 109 Å². The molecule has 0 radical (unpaired) electrons. The van der Waals surface area contributed by atoms with Gasteiger partial charge in [-0.2, -0.15) is 0 Å². The molecule has 2 N–H and O–H groups in total. The molecule has 1 amide bonds. The van der Waals surface area contributed by atoms with Gasteiger partial charge in [-0.05, 0) is 43.4 Å². The van der Waals surface area contributed by atoms with Crippen LogP contribution in [0.15, 0.2) is 12.1 Å². The van der Waals surface area contributed by atoms with Crippen LogP contribution < -0.4 is 10.6 Å². The summed E-state index contributed by atoms with van der Waals surface area (Å²) in [5.41, 5.74) is 3.50. The van der Waals surface area contributed by atoms with Crippen molar-refractivity contribution in [3.8, 4) is 5.75 Å². The standard InChI is InChI=1S/C14H22N2O2/c1-10-8-12(9-11(2)14(10)18-4)6-5-7-13(17)16(3)15/h8-9H,5-7,15H2,1-4H3. The topological polar surface area (TPSA) is 55.6 Å². The molecule has 1 aromatic rings. The quantitative estimate of drug-likeness (QED) is 0.494. The van der Waals surface area contributed by atoms with Gasteiger partial charge in [-0.25, -0.2) is 5.84 Å². The number of carbonyl (C=O) groups excluding carboxylic acids is 1. The molecule has 0 bridgehead atoms. The maximum absolute atomic E-state index is 11.3. The van der Waals surface area contributed by atoms with Gasteiger partial charge >= 0.3 is 0 Å². The zero-order chi connectivity index (χ0) is 13.7. The molecule has 0 saturated carbocycles.